The normalized spacial score (nSPS) is 19.4. The molecule has 1 unspecified atom stereocenters. The summed E-state index contributed by atoms with van der Waals surface area (Å²) >= 11 is 4.99. The molecule has 1 aromatic heterocycles. The monoisotopic (exact) mass is 345 g/mol. The fraction of sp³-hybridized carbons (Fsp3) is 0.538. The minimum Gasteiger partial charge on any atom is -0.480 e. The predicted molar refractivity (Wildman–Crippen MR) is 77.3 cm³/mol. The number of carboxylic acids is 1. The molecule has 0 aromatic carbocycles. The van der Waals surface area contributed by atoms with Gasteiger partial charge < -0.3 is 10.0 Å². The van der Waals surface area contributed by atoms with Crippen LogP contribution in [0, 0.1) is 0 Å². The van der Waals surface area contributed by atoms with E-state index < -0.39 is 12.0 Å². The summed E-state index contributed by atoms with van der Waals surface area (Å²) in [5, 5.41) is 11.1. The second-order valence-corrected chi connectivity index (χ2v) is 6.58. The molecule has 4 nitrogen and oxygen atoms in total. The SMILES string of the molecule is O=C(O)C1CCCCN1C(=O)CCc1cc(Br)cs1. The molecule has 0 radical (unpaired) electrons. The molecule has 2 rings (SSSR count). The highest BCUT2D eigenvalue weighted by Crippen LogP contribution is 2.23. The molecule has 104 valence electrons. The molecule has 6 heteroatoms. The minimum absolute atomic E-state index is 0.0448. The Morgan fingerprint density at radius 2 is 2.26 bits per heavy atom. The fourth-order valence-corrected chi connectivity index (χ4v) is 3.80. The van der Waals surface area contributed by atoms with Gasteiger partial charge in [0, 0.05) is 27.7 Å². The van der Waals surface area contributed by atoms with E-state index in [0.29, 0.717) is 25.8 Å². The van der Waals surface area contributed by atoms with Crippen molar-refractivity contribution in [1.29, 1.82) is 0 Å². The van der Waals surface area contributed by atoms with Gasteiger partial charge in [-0.1, -0.05) is 0 Å². The van der Waals surface area contributed by atoms with Crippen molar-refractivity contribution < 1.29 is 14.7 Å². The standard InChI is InChI=1S/C13H16BrNO3S/c14-9-7-10(19-8-9)4-5-12(16)15-6-2-1-3-11(15)13(17)18/h7-8,11H,1-6H2,(H,17,18). The Morgan fingerprint density at radius 1 is 1.47 bits per heavy atom. The molecule has 0 aliphatic carbocycles. The highest BCUT2D eigenvalue weighted by atomic mass is 79.9. The van der Waals surface area contributed by atoms with Gasteiger partial charge in [-0.15, -0.1) is 11.3 Å². The summed E-state index contributed by atoms with van der Waals surface area (Å²) in [4.78, 5) is 26.0. The number of amides is 1. The topological polar surface area (TPSA) is 57.6 Å². The number of piperidine rings is 1. The Balaban J connectivity index is 1.92. The molecule has 1 amide bonds. The van der Waals surface area contributed by atoms with Crippen LogP contribution < -0.4 is 0 Å². The Kier molecular flexibility index (Phi) is 4.99. The van der Waals surface area contributed by atoms with Crippen LogP contribution in [-0.2, 0) is 16.0 Å². The first-order valence-electron chi connectivity index (χ1n) is 6.33. The molecule has 1 aromatic rings. The van der Waals surface area contributed by atoms with Crippen molar-refractivity contribution in [3.05, 3.63) is 20.8 Å². The number of nitrogens with zero attached hydrogens (tertiary/aromatic N) is 1. The third kappa shape index (κ3) is 3.79. The van der Waals surface area contributed by atoms with Crippen LogP contribution in [0.4, 0.5) is 0 Å². The van der Waals surface area contributed by atoms with Gasteiger partial charge in [0.25, 0.3) is 0 Å². The number of hydrogen-bond donors (Lipinski definition) is 1. The molecule has 1 N–H and O–H groups in total. The van der Waals surface area contributed by atoms with E-state index in [1.807, 2.05) is 11.4 Å². The van der Waals surface area contributed by atoms with Crippen molar-refractivity contribution in [1.82, 2.24) is 4.90 Å². The van der Waals surface area contributed by atoms with Crippen LogP contribution in [0.2, 0.25) is 0 Å². The molecule has 1 fully saturated rings. The lowest BCUT2D eigenvalue weighted by Crippen LogP contribution is -2.48. The lowest BCUT2D eigenvalue weighted by molar-refractivity contribution is -0.152. The molecule has 19 heavy (non-hydrogen) atoms. The number of halogens is 1. The number of thiophene rings is 1. The van der Waals surface area contributed by atoms with Crippen molar-refractivity contribution in [3.8, 4) is 0 Å². The number of carbonyl (C=O) groups is 2. The first-order valence-corrected chi connectivity index (χ1v) is 8.00. The van der Waals surface area contributed by atoms with Gasteiger partial charge in [0.2, 0.25) is 5.91 Å². The van der Waals surface area contributed by atoms with Crippen molar-refractivity contribution in [2.24, 2.45) is 0 Å². The van der Waals surface area contributed by atoms with Gasteiger partial charge in [-0.2, -0.15) is 0 Å². The Labute approximate surface area is 124 Å². The smallest absolute Gasteiger partial charge is 0.326 e. The van der Waals surface area contributed by atoms with E-state index in [1.54, 1.807) is 11.3 Å². The maximum absolute atomic E-state index is 12.1. The maximum Gasteiger partial charge on any atom is 0.326 e. The average molecular weight is 346 g/mol. The minimum atomic E-state index is -0.882. The van der Waals surface area contributed by atoms with E-state index in [0.717, 1.165) is 22.2 Å². The largest absolute Gasteiger partial charge is 0.480 e. The summed E-state index contributed by atoms with van der Waals surface area (Å²) in [7, 11) is 0. The van der Waals surface area contributed by atoms with Crippen molar-refractivity contribution in [2.45, 2.75) is 38.1 Å². The highest BCUT2D eigenvalue weighted by molar-refractivity contribution is 9.10. The summed E-state index contributed by atoms with van der Waals surface area (Å²) in [6.45, 7) is 0.573. The quantitative estimate of drug-likeness (QED) is 0.912. The molecule has 1 aliphatic rings. The molecule has 0 bridgehead atoms. The van der Waals surface area contributed by atoms with E-state index in [9.17, 15) is 9.59 Å². The van der Waals surface area contributed by atoms with E-state index in [-0.39, 0.29) is 5.91 Å². The zero-order valence-corrected chi connectivity index (χ0v) is 12.9. The Morgan fingerprint density at radius 3 is 2.89 bits per heavy atom. The molecule has 2 heterocycles. The van der Waals surface area contributed by atoms with E-state index in [1.165, 1.54) is 4.90 Å². The van der Waals surface area contributed by atoms with E-state index >= 15 is 0 Å². The van der Waals surface area contributed by atoms with Gasteiger partial charge >= 0.3 is 5.97 Å². The summed E-state index contributed by atoms with van der Waals surface area (Å²) in [6, 6.07) is 1.37. The summed E-state index contributed by atoms with van der Waals surface area (Å²) in [6.07, 6.45) is 3.43. The number of aryl methyl sites for hydroxylation is 1. The number of carbonyl (C=O) groups excluding carboxylic acids is 1. The first-order chi connectivity index (χ1) is 9.08. The van der Waals surface area contributed by atoms with E-state index in [2.05, 4.69) is 15.9 Å². The number of carboxylic acid groups (broad SMARTS) is 1. The average Bonchev–Trinajstić information content (AvgIpc) is 2.81. The molecular weight excluding hydrogens is 330 g/mol. The van der Waals surface area contributed by atoms with Crippen LogP contribution >= 0.6 is 27.3 Å². The Bertz CT molecular complexity index is 474. The third-order valence-corrected chi connectivity index (χ3v) is 5.07. The fourth-order valence-electron chi connectivity index (χ4n) is 2.35. The molecule has 0 spiro atoms. The van der Waals surface area contributed by atoms with Crippen molar-refractivity contribution in [3.63, 3.8) is 0 Å². The number of rotatable bonds is 4. The third-order valence-electron chi connectivity index (χ3n) is 3.32. The van der Waals surface area contributed by atoms with Crippen LogP contribution in [-0.4, -0.2) is 34.5 Å². The number of hydrogen-bond acceptors (Lipinski definition) is 3. The number of aliphatic carboxylic acids is 1. The zero-order chi connectivity index (χ0) is 13.8. The van der Waals surface area contributed by atoms with Crippen LogP contribution in [0.1, 0.15) is 30.6 Å². The van der Waals surface area contributed by atoms with Gasteiger partial charge in [0.15, 0.2) is 0 Å². The Hall–Kier alpha value is -0.880. The van der Waals surface area contributed by atoms with Crippen molar-refractivity contribution in [2.75, 3.05) is 6.54 Å². The van der Waals surface area contributed by atoms with Crippen LogP contribution in [0.25, 0.3) is 0 Å². The molecule has 1 aliphatic heterocycles. The maximum atomic E-state index is 12.1. The highest BCUT2D eigenvalue weighted by Gasteiger charge is 2.31. The van der Waals surface area contributed by atoms with Gasteiger partial charge in [-0.25, -0.2) is 4.79 Å². The zero-order valence-electron chi connectivity index (χ0n) is 10.5. The lowest BCUT2D eigenvalue weighted by atomic mass is 10.0. The molecule has 0 saturated carbocycles. The van der Waals surface area contributed by atoms with Gasteiger partial charge in [0.1, 0.15) is 6.04 Å². The van der Waals surface area contributed by atoms with E-state index in [4.69, 9.17) is 5.11 Å². The van der Waals surface area contributed by atoms with Crippen LogP contribution in [0.3, 0.4) is 0 Å². The molecule has 1 atom stereocenters. The molecule has 1 saturated heterocycles. The van der Waals surface area contributed by atoms with Gasteiger partial charge in [0.05, 0.1) is 0 Å². The molecular formula is C13H16BrNO3S. The van der Waals surface area contributed by atoms with Crippen LogP contribution in [0.5, 0.6) is 0 Å². The van der Waals surface area contributed by atoms with Gasteiger partial charge in [-0.3, -0.25) is 4.79 Å². The summed E-state index contributed by atoms with van der Waals surface area (Å²) < 4.78 is 1.03. The second-order valence-electron chi connectivity index (χ2n) is 4.67. The van der Waals surface area contributed by atoms with Crippen molar-refractivity contribution >= 4 is 39.1 Å². The summed E-state index contributed by atoms with van der Waals surface area (Å²) in [5.74, 6) is -0.927. The second kappa shape index (κ2) is 6.52. The first kappa shape index (κ1) is 14.5. The lowest BCUT2D eigenvalue weighted by Gasteiger charge is -2.33. The number of likely N-dealkylation sites (tertiary alicyclic amines) is 1. The predicted octanol–water partition coefficient (Wildman–Crippen LogP) is 2.91. The van der Waals surface area contributed by atoms with Gasteiger partial charge in [-0.05, 0) is 47.7 Å². The summed E-state index contributed by atoms with van der Waals surface area (Å²) in [5.41, 5.74) is 0. The van der Waals surface area contributed by atoms with Crippen LogP contribution in [0.15, 0.2) is 15.9 Å².